The Hall–Kier alpha value is -2.16. The first-order valence-electron chi connectivity index (χ1n) is 6.23. The third kappa shape index (κ3) is 1.73. The molecule has 0 aromatic heterocycles. The van der Waals surface area contributed by atoms with E-state index in [1.54, 1.807) is 19.2 Å². The van der Waals surface area contributed by atoms with Crippen LogP contribution in [0.3, 0.4) is 0 Å². The number of phenols is 1. The molecule has 2 aromatic carbocycles. The summed E-state index contributed by atoms with van der Waals surface area (Å²) in [6.07, 6.45) is 0. The van der Waals surface area contributed by atoms with E-state index >= 15 is 0 Å². The van der Waals surface area contributed by atoms with E-state index in [9.17, 15) is 5.11 Å². The van der Waals surface area contributed by atoms with Crippen LogP contribution in [-0.4, -0.2) is 12.2 Å². The Labute approximate surface area is 112 Å². The molecule has 19 heavy (non-hydrogen) atoms. The molecule has 3 heteroatoms. The third-order valence-corrected chi connectivity index (χ3v) is 3.48. The van der Waals surface area contributed by atoms with Gasteiger partial charge in [0.1, 0.15) is 22.8 Å². The fourth-order valence-corrected chi connectivity index (χ4v) is 2.64. The second-order valence-electron chi connectivity index (χ2n) is 5.18. The molecule has 0 unspecified atom stereocenters. The fourth-order valence-electron chi connectivity index (χ4n) is 2.64. The minimum Gasteiger partial charge on any atom is -0.508 e. The highest BCUT2D eigenvalue weighted by molar-refractivity contribution is 5.82. The summed E-state index contributed by atoms with van der Waals surface area (Å²) in [5, 5.41) is 9.76. The lowest BCUT2D eigenvalue weighted by Gasteiger charge is -2.35. The highest BCUT2D eigenvalue weighted by Gasteiger charge is 2.34. The maximum atomic E-state index is 9.76. The summed E-state index contributed by atoms with van der Waals surface area (Å²) in [5.74, 6) is 1.42. The third-order valence-electron chi connectivity index (χ3n) is 3.48. The average Bonchev–Trinajstić information content (AvgIpc) is 2.37. The van der Waals surface area contributed by atoms with E-state index in [1.165, 1.54) is 0 Å². The molecule has 0 atom stereocenters. The first-order valence-corrected chi connectivity index (χ1v) is 6.23. The maximum Gasteiger partial charge on any atom is 0.135 e. The smallest absolute Gasteiger partial charge is 0.135 e. The van der Waals surface area contributed by atoms with Crippen LogP contribution in [0.2, 0.25) is 0 Å². The van der Waals surface area contributed by atoms with E-state index in [-0.39, 0.29) is 5.75 Å². The highest BCUT2D eigenvalue weighted by atomic mass is 16.5. The summed E-state index contributed by atoms with van der Waals surface area (Å²) in [6, 6.07) is 11.4. The van der Waals surface area contributed by atoms with Gasteiger partial charge in [-0.05, 0) is 19.4 Å². The predicted octanol–water partition coefficient (Wildman–Crippen LogP) is 3.70. The van der Waals surface area contributed by atoms with Crippen LogP contribution in [0.5, 0.6) is 17.2 Å². The zero-order valence-corrected chi connectivity index (χ0v) is 11.2. The Morgan fingerprint density at radius 3 is 2.63 bits per heavy atom. The maximum absolute atomic E-state index is 9.76. The van der Waals surface area contributed by atoms with Crippen molar-refractivity contribution in [2.24, 2.45) is 0 Å². The quantitative estimate of drug-likeness (QED) is 0.845. The average molecular weight is 256 g/mol. The highest BCUT2D eigenvalue weighted by Crippen LogP contribution is 2.50. The Bertz CT molecular complexity index is 644. The van der Waals surface area contributed by atoms with E-state index in [4.69, 9.17) is 9.47 Å². The minimum absolute atomic E-state index is 0.144. The molecule has 1 aliphatic heterocycles. The summed E-state index contributed by atoms with van der Waals surface area (Å²) >= 11 is 0. The first kappa shape index (κ1) is 11.9. The molecule has 3 nitrogen and oxygen atoms in total. The topological polar surface area (TPSA) is 38.7 Å². The largest absolute Gasteiger partial charge is 0.508 e. The number of ether oxygens (including phenoxy) is 2. The lowest BCUT2D eigenvalue weighted by molar-refractivity contribution is 0.105. The van der Waals surface area contributed by atoms with Crippen LogP contribution in [0.15, 0.2) is 36.4 Å². The molecule has 2 aromatic rings. The van der Waals surface area contributed by atoms with Gasteiger partial charge >= 0.3 is 0 Å². The fraction of sp³-hybridized carbons (Fsp3) is 0.250. The van der Waals surface area contributed by atoms with Crippen LogP contribution in [0.1, 0.15) is 19.4 Å². The number of fused-ring (bicyclic) bond motifs is 3. The monoisotopic (exact) mass is 256 g/mol. The molecule has 0 saturated heterocycles. The van der Waals surface area contributed by atoms with Gasteiger partial charge in [-0.3, -0.25) is 0 Å². The predicted molar refractivity (Wildman–Crippen MR) is 73.7 cm³/mol. The van der Waals surface area contributed by atoms with Crippen LogP contribution in [-0.2, 0) is 5.60 Å². The summed E-state index contributed by atoms with van der Waals surface area (Å²) < 4.78 is 11.4. The van der Waals surface area contributed by atoms with E-state index in [0.717, 1.165) is 16.7 Å². The summed E-state index contributed by atoms with van der Waals surface area (Å²) in [6.45, 7) is 4.04. The second kappa shape index (κ2) is 3.92. The molecular weight excluding hydrogens is 240 g/mol. The molecule has 0 bridgehead atoms. The molecule has 0 aliphatic carbocycles. The van der Waals surface area contributed by atoms with Crippen molar-refractivity contribution in [3.8, 4) is 28.4 Å². The van der Waals surface area contributed by atoms with Gasteiger partial charge in [0, 0.05) is 17.7 Å². The number of methoxy groups -OCH3 is 1. The van der Waals surface area contributed by atoms with Crippen LogP contribution < -0.4 is 9.47 Å². The summed E-state index contributed by atoms with van der Waals surface area (Å²) in [7, 11) is 1.59. The zero-order valence-electron chi connectivity index (χ0n) is 11.2. The molecule has 0 radical (unpaired) electrons. The molecule has 1 heterocycles. The van der Waals surface area contributed by atoms with Crippen LogP contribution in [0.25, 0.3) is 11.1 Å². The number of hydrogen-bond donors (Lipinski definition) is 1. The molecular formula is C16H16O3. The molecule has 3 rings (SSSR count). The lowest BCUT2D eigenvalue weighted by atomic mass is 9.86. The van der Waals surface area contributed by atoms with Gasteiger partial charge in [-0.1, -0.05) is 24.3 Å². The SMILES string of the molecule is COc1cc(O)cc2c1-c1ccccc1C(C)(C)O2. The van der Waals surface area contributed by atoms with Gasteiger partial charge in [-0.15, -0.1) is 0 Å². The number of benzene rings is 2. The first-order chi connectivity index (χ1) is 9.03. The molecule has 0 saturated carbocycles. The van der Waals surface area contributed by atoms with Crippen molar-refractivity contribution < 1.29 is 14.6 Å². The van der Waals surface area contributed by atoms with Crippen molar-refractivity contribution >= 4 is 0 Å². The Balaban J connectivity index is 2.36. The van der Waals surface area contributed by atoms with Crippen LogP contribution in [0.4, 0.5) is 0 Å². The number of phenolic OH excluding ortho intramolecular Hbond substituents is 1. The van der Waals surface area contributed by atoms with Gasteiger partial charge in [0.05, 0.1) is 12.7 Å². The molecule has 0 spiro atoms. The molecule has 0 fully saturated rings. The second-order valence-corrected chi connectivity index (χ2v) is 5.18. The summed E-state index contributed by atoms with van der Waals surface area (Å²) in [5.41, 5.74) is 2.68. The van der Waals surface area contributed by atoms with E-state index in [1.807, 2.05) is 26.0 Å². The zero-order chi connectivity index (χ0) is 13.6. The van der Waals surface area contributed by atoms with E-state index < -0.39 is 5.60 Å². The molecule has 98 valence electrons. The minimum atomic E-state index is -0.428. The van der Waals surface area contributed by atoms with Crippen LogP contribution >= 0.6 is 0 Å². The van der Waals surface area contributed by atoms with Gasteiger partial charge in [0.15, 0.2) is 0 Å². The van der Waals surface area contributed by atoms with Gasteiger partial charge in [-0.2, -0.15) is 0 Å². The number of aromatic hydroxyl groups is 1. The van der Waals surface area contributed by atoms with Gasteiger partial charge in [0.2, 0.25) is 0 Å². The summed E-state index contributed by atoms with van der Waals surface area (Å²) in [4.78, 5) is 0. The van der Waals surface area contributed by atoms with Crippen molar-refractivity contribution in [1.29, 1.82) is 0 Å². The molecule has 0 amide bonds. The van der Waals surface area contributed by atoms with E-state index in [0.29, 0.717) is 11.5 Å². The van der Waals surface area contributed by atoms with Crippen molar-refractivity contribution in [3.63, 3.8) is 0 Å². The van der Waals surface area contributed by atoms with Crippen molar-refractivity contribution in [2.75, 3.05) is 7.11 Å². The van der Waals surface area contributed by atoms with Gasteiger partial charge < -0.3 is 14.6 Å². The number of rotatable bonds is 1. The van der Waals surface area contributed by atoms with Crippen LogP contribution in [0, 0.1) is 0 Å². The van der Waals surface area contributed by atoms with Crippen molar-refractivity contribution in [1.82, 2.24) is 0 Å². The van der Waals surface area contributed by atoms with Gasteiger partial charge in [-0.25, -0.2) is 0 Å². The molecule has 1 N–H and O–H groups in total. The normalized spacial score (nSPS) is 15.1. The molecule has 1 aliphatic rings. The van der Waals surface area contributed by atoms with Crippen molar-refractivity contribution in [2.45, 2.75) is 19.4 Å². The van der Waals surface area contributed by atoms with Gasteiger partial charge in [0.25, 0.3) is 0 Å². The standard InChI is InChI=1S/C16H16O3/c1-16(2)12-7-5-4-6-11(12)15-13(18-3)8-10(17)9-14(15)19-16/h4-9,17H,1-3H3. The Morgan fingerprint density at radius 1 is 1.16 bits per heavy atom. The Kier molecular flexibility index (Phi) is 2.45. The van der Waals surface area contributed by atoms with Crippen molar-refractivity contribution in [3.05, 3.63) is 42.0 Å². The van der Waals surface area contributed by atoms with E-state index in [2.05, 4.69) is 12.1 Å². The number of hydrogen-bond acceptors (Lipinski definition) is 3. The Morgan fingerprint density at radius 2 is 1.89 bits per heavy atom. The lowest BCUT2D eigenvalue weighted by Crippen LogP contribution is -2.29.